The highest BCUT2D eigenvalue weighted by molar-refractivity contribution is 5.92. The Morgan fingerprint density at radius 2 is 2.05 bits per heavy atom. The minimum absolute atomic E-state index is 0. The van der Waals surface area contributed by atoms with Crippen molar-refractivity contribution < 1.29 is 4.79 Å². The molecule has 2 saturated heterocycles. The van der Waals surface area contributed by atoms with Gasteiger partial charge in [0.05, 0.1) is 0 Å². The second kappa shape index (κ2) is 6.64. The fraction of sp³-hybridized carbons (Fsp3) is 0.667. The largest absolute Gasteiger partial charge is 0.347 e. The molecule has 112 valence electrons. The van der Waals surface area contributed by atoms with Gasteiger partial charge < -0.3 is 14.8 Å². The molecule has 1 unspecified atom stereocenters. The molecule has 2 aliphatic heterocycles. The number of halogens is 1. The van der Waals surface area contributed by atoms with E-state index in [-0.39, 0.29) is 18.3 Å². The van der Waals surface area contributed by atoms with E-state index in [0.717, 1.165) is 37.5 Å². The van der Waals surface area contributed by atoms with Crippen LogP contribution in [0, 0.1) is 5.92 Å². The van der Waals surface area contributed by atoms with Crippen LogP contribution in [0.2, 0.25) is 0 Å². The van der Waals surface area contributed by atoms with E-state index >= 15 is 0 Å². The maximum absolute atomic E-state index is 12.4. The molecule has 1 aromatic rings. The molecule has 0 aromatic carbocycles. The average molecular weight is 298 g/mol. The third-order valence-electron chi connectivity index (χ3n) is 4.66. The van der Waals surface area contributed by atoms with Gasteiger partial charge in [-0.25, -0.2) is 0 Å². The summed E-state index contributed by atoms with van der Waals surface area (Å²) in [6.07, 6.45) is 6.85. The highest BCUT2D eigenvalue weighted by Gasteiger charge is 2.30. The van der Waals surface area contributed by atoms with E-state index in [9.17, 15) is 4.79 Å². The Morgan fingerprint density at radius 1 is 1.30 bits per heavy atom. The van der Waals surface area contributed by atoms with Crippen molar-refractivity contribution in [2.24, 2.45) is 13.0 Å². The monoisotopic (exact) mass is 297 g/mol. The maximum Gasteiger partial charge on any atom is 0.270 e. The summed E-state index contributed by atoms with van der Waals surface area (Å²) in [5, 5.41) is 3.60. The molecule has 0 saturated carbocycles. The molecule has 0 aliphatic carbocycles. The van der Waals surface area contributed by atoms with Gasteiger partial charge in [-0.2, -0.15) is 0 Å². The molecule has 1 atom stereocenters. The quantitative estimate of drug-likeness (QED) is 0.907. The highest BCUT2D eigenvalue weighted by atomic mass is 35.5. The summed E-state index contributed by atoms with van der Waals surface area (Å²) in [5.41, 5.74) is 0.803. The molecule has 2 fully saturated rings. The number of hydrogen-bond donors (Lipinski definition) is 1. The van der Waals surface area contributed by atoms with Crippen molar-refractivity contribution in [3.05, 3.63) is 24.0 Å². The van der Waals surface area contributed by atoms with E-state index in [1.165, 1.54) is 19.4 Å². The van der Waals surface area contributed by atoms with Gasteiger partial charge in [-0.1, -0.05) is 0 Å². The lowest BCUT2D eigenvalue weighted by atomic mass is 9.88. The molecular formula is C15H24ClN3O. The van der Waals surface area contributed by atoms with Crippen LogP contribution in [-0.2, 0) is 7.05 Å². The Labute approximate surface area is 126 Å². The van der Waals surface area contributed by atoms with Crippen molar-refractivity contribution in [1.29, 1.82) is 0 Å². The van der Waals surface area contributed by atoms with E-state index in [1.54, 1.807) is 0 Å². The molecule has 1 amide bonds. The summed E-state index contributed by atoms with van der Waals surface area (Å²) in [5.74, 6) is 0.949. The number of aryl methyl sites for hydroxylation is 1. The zero-order chi connectivity index (χ0) is 13.2. The Bertz CT molecular complexity index is 446. The van der Waals surface area contributed by atoms with Crippen molar-refractivity contribution in [2.45, 2.75) is 31.7 Å². The van der Waals surface area contributed by atoms with Gasteiger partial charge in [0, 0.05) is 32.4 Å². The van der Waals surface area contributed by atoms with E-state index in [0.29, 0.717) is 6.04 Å². The number of aromatic nitrogens is 1. The fourth-order valence-corrected chi connectivity index (χ4v) is 3.46. The molecule has 0 radical (unpaired) electrons. The average Bonchev–Trinajstić information content (AvgIpc) is 3.09. The fourth-order valence-electron chi connectivity index (χ4n) is 3.46. The normalized spacial score (nSPS) is 23.6. The van der Waals surface area contributed by atoms with Crippen molar-refractivity contribution in [3.63, 3.8) is 0 Å². The van der Waals surface area contributed by atoms with Crippen LogP contribution in [0.4, 0.5) is 0 Å². The first kappa shape index (κ1) is 15.4. The first-order valence-corrected chi connectivity index (χ1v) is 7.39. The summed E-state index contributed by atoms with van der Waals surface area (Å²) in [4.78, 5) is 14.4. The number of hydrogen-bond acceptors (Lipinski definition) is 2. The molecule has 5 heteroatoms. The van der Waals surface area contributed by atoms with Crippen LogP contribution in [0.1, 0.15) is 36.2 Å². The number of nitrogens with one attached hydrogen (secondary N) is 1. The number of rotatable bonds is 2. The van der Waals surface area contributed by atoms with Crippen LogP contribution < -0.4 is 5.32 Å². The predicted octanol–water partition coefficient (Wildman–Crippen LogP) is 2.05. The van der Waals surface area contributed by atoms with E-state index in [2.05, 4.69) is 5.32 Å². The Hall–Kier alpha value is -1.00. The van der Waals surface area contributed by atoms with E-state index in [4.69, 9.17) is 0 Å². The van der Waals surface area contributed by atoms with Gasteiger partial charge in [-0.05, 0) is 50.3 Å². The third kappa shape index (κ3) is 3.01. The van der Waals surface area contributed by atoms with Gasteiger partial charge in [-0.15, -0.1) is 12.4 Å². The van der Waals surface area contributed by atoms with Gasteiger partial charge in [-0.3, -0.25) is 4.79 Å². The van der Waals surface area contributed by atoms with Gasteiger partial charge in [0.2, 0.25) is 0 Å². The number of amides is 1. The van der Waals surface area contributed by atoms with Crippen LogP contribution >= 0.6 is 12.4 Å². The first-order valence-electron chi connectivity index (χ1n) is 7.39. The molecule has 1 N–H and O–H groups in total. The number of piperidine rings is 1. The van der Waals surface area contributed by atoms with Gasteiger partial charge >= 0.3 is 0 Å². The predicted molar refractivity (Wildman–Crippen MR) is 82.3 cm³/mol. The lowest BCUT2D eigenvalue weighted by molar-refractivity contribution is 0.0665. The molecule has 3 rings (SSSR count). The molecule has 4 nitrogen and oxygen atoms in total. The summed E-state index contributed by atoms with van der Waals surface area (Å²) in [7, 11) is 1.93. The SMILES string of the molecule is Cl.Cn1cccc1C(=O)N1CCC(C2CCCN2)CC1. The molecule has 1 aromatic heterocycles. The lowest BCUT2D eigenvalue weighted by Gasteiger charge is -2.35. The van der Waals surface area contributed by atoms with Crippen LogP contribution in [0.3, 0.4) is 0 Å². The molecule has 3 heterocycles. The summed E-state index contributed by atoms with van der Waals surface area (Å²) >= 11 is 0. The maximum atomic E-state index is 12.4. The Morgan fingerprint density at radius 3 is 2.60 bits per heavy atom. The number of nitrogens with zero attached hydrogens (tertiary/aromatic N) is 2. The van der Waals surface area contributed by atoms with Crippen molar-refractivity contribution >= 4 is 18.3 Å². The zero-order valence-corrected chi connectivity index (χ0v) is 12.9. The van der Waals surface area contributed by atoms with Crippen LogP contribution in [-0.4, -0.2) is 41.1 Å². The van der Waals surface area contributed by atoms with Crippen molar-refractivity contribution in [1.82, 2.24) is 14.8 Å². The molecule has 2 aliphatic rings. The van der Waals surface area contributed by atoms with Crippen LogP contribution in [0.15, 0.2) is 18.3 Å². The van der Waals surface area contributed by atoms with Gasteiger partial charge in [0.25, 0.3) is 5.91 Å². The number of carbonyl (C=O) groups is 1. The van der Waals surface area contributed by atoms with E-state index in [1.807, 2.05) is 34.8 Å². The number of likely N-dealkylation sites (tertiary alicyclic amines) is 1. The summed E-state index contributed by atoms with van der Waals surface area (Å²) in [6.45, 7) is 2.99. The van der Waals surface area contributed by atoms with Crippen LogP contribution in [0.25, 0.3) is 0 Å². The van der Waals surface area contributed by atoms with Crippen molar-refractivity contribution in [2.75, 3.05) is 19.6 Å². The minimum Gasteiger partial charge on any atom is -0.347 e. The van der Waals surface area contributed by atoms with Gasteiger partial charge in [0.1, 0.15) is 5.69 Å². The second-order valence-corrected chi connectivity index (χ2v) is 5.84. The molecule has 20 heavy (non-hydrogen) atoms. The topological polar surface area (TPSA) is 37.3 Å². The smallest absolute Gasteiger partial charge is 0.270 e. The zero-order valence-electron chi connectivity index (χ0n) is 12.0. The summed E-state index contributed by atoms with van der Waals surface area (Å²) < 4.78 is 1.91. The highest BCUT2D eigenvalue weighted by Crippen LogP contribution is 2.26. The third-order valence-corrected chi connectivity index (χ3v) is 4.66. The van der Waals surface area contributed by atoms with Crippen LogP contribution in [0.5, 0.6) is 0 Å². The first-order chi connectivity index (χ1) is 9.25. The molecule has 0 spiro atoms. The lowest BCUT2D eigenvalue weighted by Crippen LogP contribution is -2.43. The Balaban J connectivity index is 0.00000147. The minimum atomic E-state index is 0. The van der Waals surface area contributed by atoms with Gasteiger partial charge in [0.15, 0.2) is 0 Å². The standard InChI is InChI=1S/C15H23N3O.ClH/c1-17-9-3-5-14(17)15(19)18-10-6-12(7-11-18)13-4-2-8-16-13;/h3,5,9,12-13,16H,2,4,6-8,10-11H2,1H3;1H. The Kier molecular flexibility index (Phi) is 5.11. The second-order valence-electron chi connectivity index (χ2n) is 5.84. The number of carbonyl (C=O) groups excluding carboxylic acids is 1. The molecular weight excluding hydrogens is 274 g/mol. The van der Waals surface area contributed by atoms with Crippen molar-refractivity contribution in [3.8, 4) is 0 Å². The van der Waals surface area contributed by atoms with E-state index < -0.39 is 0 Å². The summed E-state index contributed by atoms with van der Waals surface area (Å²) in [6, 6.07) is 4.54. The molecule has 0 bridgehead atoms.